The summed E-state index contributed by atoms with van der Waals surface area (Å²) in [5, 5.41) is 10.5. The third-order valence-corrected chi connectivity index (χ3v) is 4.19. The first kappa shape index (κ1) is 16.5. The fraction of sp³-hybridized carbons (Fsp3) is 0.500. The molecule has 0 spiro atoms. The summed E-state index contributed by atoms with van der Waals surface area (Å²) in [4.78, 5) is 14.0. The van der Waals surface area contributed by atoms with E-state index in [9.17, 15) is 14.3 Å². The lowest BCUT2D eigenvalue weighted by Crippen LogP contribution is -2.40. The van der Waals surface area contributed by atoms with Gasteiger partial charge in [0.25, 0.3) is 0 Å². The minimum Gasteiger partial charge on any atom is -0.389 e. The lowest BCUT2D eigenvalue weighted by Gasteiger charge is -2.33. The summed E-state index contributed by atoms with van der Waals surface area (Å²) in [5.74, 6) is 2.02. The molecular formula is C18H22FNO2. The number of carbonyl (C=O) groups is 1. The molecule has 1 saturated carbocycles. The molecule has 0 aliphatic heterocycles. The zero-order chi connectivity index (χ0) is 16.0. The summed E-state index contributed by atoms with van der Waals surface area (Å²) in [6.07, 6.45) is 9.81. The molecule has 1 fully saturated rings. The number of hydrogen-bond acceptors (Lipinski definition) is 2. The van der Waals surface area contributed by atoms with Crippen LogP contribution >= 0.6 is 0 Å². The van der Waals surface area contributed by atoms with Gasteiger partial charge in [0.15, 0.2) is 0 Å². The van der Waals surface area contributed by atoms with Gasteiger partial charge in [0, 0.05) is 6.54 Å². The van der Waals surface area contributed by atoms with Crippen LogP contribution in [0.25, 0.3) is 0 Å². The van der Waals surface area contributed by atoms with Gasteiger partial charge >= 0.3 is 0 Å². The van der Waals surface area contributed by atoms with Crippen molar-refractivity contribution in [2.24, 2.45) is 0 Å². The normalized spacial score (nSPS) is 16.8. The van der Waals surface area contributed by atoms with E-state index in [0.717, 1.165) is 24.8 Å². The molecule has 2 rings (SSSR count). The maximum absolute atomic E-state index is 12.9. The lowest BCUT2D eigenvalue weighted by molar-refractivity contribution is -0.137. The molecule has 3 nitrogen and oxygen atoms in total. The first-order chi connectivity index (χ1) is 10.5. The standard InChI is InChI=1S/C18H22FNO2/c1-2-12-20(14-15-6-8-16(19)9-7-15)17(21)13-18(22)10-4-3-5-11-18/h1,6-9,22H,3-5,10-14H2. The van der Waals surface area contributed by atoms with Crippen LogP contribution in [0.15, 0.2) is 24.3 Å². The summed E-state index contributed by atoms with van der Waals surface area (Å²) in [5.41, 5.74) is -0.0778. The molecule has 0 unspecified atom stereocenters. The fourth-order valence-electron chi connectivity index (χ4n) is 2.93. The van der Waals surface area contributed by atoms with Crippen molar-refractivity contribution in [2.45, 2.75) is 50.7 Å². The van der Waals surface area contributed by atoms with Gasteiger partial charge in [0.2, 0.25) is 5.91 Å². The topological polar surface area (TPSA) is 40.5 Å². The van der Waals surface area contributed by atoms with Crippen LogP contribution in [0.3, 0.4) is 0 Å². The molecule has 0 heterocycles. The number of aliphatic hydroxyl groups is 1. The maximum Gasteiger partial charge on any atom is 0.226 e. The predicted octanol–water partition coefficient (Wildman–Crippen LogP) is 2.87. The van der Waals surface area contributed by atoms with Gasteiger partial charge in [-0.15, -0.1) is 6.42 Å². The minimum absolute atomic E-state index is 0.107. The van der Waals surface area contributed by atoms with Crippen LogP contribution in [0.1, 0.15) is 44.1 Å². The van der Waals surface area contributed by atoms with Gasteiger partial charge in [-0.25, -0.2) is 4.39 Å². The molecule has 0 bridgehead atoms. The van der Waals surface area contributed by atoms with E-state index < -0.39 is 5.60 Å². The van der Waals surface area contributed by atoms with Crippen molar-refractivity contribution in [3.63, 3.8) is 0 Å². The lowest BCUT2D eigenvalue weighted by atomic mass is 9.82. The Hall–Kier alpha value is -1.86. The molecule has 0 atom stereocenters. The zero-order valence-electron chi connectivity index (χ0n) is 12.7. The van der Waals surface area contributed by atoms with Crippen molar-refractivity contribution in [3.05, 3.63) is 35.6 Å². The van der Waals surface area contributed by atoms with Crippen LogP contribution in [0.5, 0.6) is 0 Å². The molecule has 1 aromatic carbocycles. The summed E-state index contributed by atoms with van der Waals surface area (Å²) in [6.45, 7) is 0.520. The molecule has 1 aliphatic carbocycles. The number of benzene rings is 1. The van der Waals surface area contributed by atoms with E-state index in [1.807, 2.05) is 0 Å². The minimum atomic E-state index is -0.898. The molecule has 0 saturated heterocycles. The SMILES string of the molecule is C#CCN(Cc1ccc(F)cc1)C(=O)CC1(O)CCCCC1. The number of nitrogens with zero attached hydrogens (tertiary/aromatic N) is 1. The molecule has 22 heavy (non-hydrogen) atoms. The highest BCUT2D eigenvalue weighted by molar-refractivity contribution is 5.77. The fourth-order valence-corrected chi connectivity index (χ4v) is 2.93. The average Bonchev–Trinajstić information content (AvgIpc) is 2.49. The van der Waals surface area contributed by atoms with E-state index in [1.54, 1.807) is 17.0 Å². The highest BCUT2D eigenvalue weighted by Crippen LogP contribution is 2.31. The van der Waals surface area contributed by atoms with Gasteiger partial charge in [-0.3, -0.25) is 4.79 Å². The van der Waals surface area contributed by atoms with Gasteiger partial charge < -0.3 is 10.0 Å². The van der Waals surface area contributed by atoms with Gasteiger partial charge in [0.1, 0.15) is 5.82 Å². The van der Waals surface area contributed by atoms with E-state index in [-0.39, 0.29) is 24.7 Å². The summed E-state index contributed by atoms with van der Waals surface area (Å²) in [6, 6.07) is 6.01. The molecule has 118 valence electrons. The van der Waals surface area contributed by atoms with Crippen LogP contribution in [0.4, 0.5) is 4.39 Å². The number of amides is 1. The molecule has 1 aromatic rings. The smallest absolute Gasteiger partial charge is 0.226 e. The molecule has 0 radical (unpaired) electrons. The predicted molar refractivity (Wildman–Crippen MR) is 83.3 cm³/mol. The number of rotatable bonds is 5. The van der Waals surface area contributed by atoms with E-state index in [2.05, 4.69) is 5.92 Å². The number of halogens is 1. The zero-order valence-corrected chi connectivity index (χ0v) is 12.7. The van der Waals surface area contributed by atoms with E-state index in [1.165, 1.54) is 12.1 Å². The van der Waals surface area contributed by atoms with Gasteiger partial charge in [-0.2, -0.15) is 0 Å². The molecule has 1 amide bonds. The van der Waals surface area contributed by atoms with Crippen LogP contribution in [-0.4, -0.2) is 28.1 Å². The second kappa shape index (κ2) is 7.42. The quantitative estimate of drug-likeness (QED) is 0.850. The van der Waals surface area contributed by atoms with Crippen molar-refractivity contribution in [1.82, 2.24) is 4.90 Å². The Morgan fingerprint density at radius 3 is 2.50 bits per heavy atom. The molecule has 0 aromatic heterocycles. The van der Waals surface area contributed by atoms with Gasteiger partial charge in [0.05, 0.1) is 18.6 Å². The van der Waals surface area contributed by atoms with Crippen molar-refractivity contribution in [3.8, 4) is 12.3 Å². The molecule has 1 N–H and O–H groups in total. The highest BCUT2D eigenvalue weighted by atomic mass is 19.1. The summed E-state index contributed by atoms with van der Waals surface area (Å²) < 4.78 is 12.9. The molecule has 1 aliphatic rings. The summed E-state index contributed by atoms with van der Waals surface area (Å²) in [7, 11) is 0. The number of hydrogen-bond donors (Lipinski definition) is 1. The maximum atomic E-state index is 12.9. The first-order valence-corrected chi connectivity index (χ1v) is 7.70. The second-order valence-electron chi connectivity index (χ2n) is 6.04. The van der Waals surface area contributed by atoms with Gasteiger partial charge in [-0.1, -0.05) is 37.3 Å². The van der Waals surface area contributed by atoms with Crippen molar-refractivity contribution >= 4 is 5.91 Å². The second-order valence-corrected chi connectivity index (χ2v) is 6.04. The number of terminal acetylenes is 1. The van der Waals surface area contributed by atoms with Crippen LogP contribution < -0.4 is 0 Å². The van der Waals surface area contributed by atoms with E-state index >= 15 is 0 Å². The van der Waals surface area contributed by atoms with E-state index in [4.69, 9.17) is 6.42 Å². The average molecular weight is 303 g/mol. The van der Waals surface area contributed by atoms with Gasteiger partial charge in [-0.05, 0) is 30.5 Å². The van der Waals surface area contributed by atoms with Crippen molar-refractivity contribution in [2.75, 3.05) is 6.54 Å². The Labute approximate surface area is 131 Å². The molecular weight excluding hydrogens is 281 g/mol. The van der Waals surface area contributed by atoms with Crippen LogP contribution in [0, 0.1) is 18.2 Å². The Balaban J connectivity index is 2.01. The number of carbonyl (C=O) groups excluding carboxylic acids is 1. The highest BCUT2D eigenvalue weighted by Gasteiger charge is 2.33. The van der Waals surface area contributed by atoms with Crippen LogP contribution in [-0.2, 0) is 11.3 Å². The Bertz CT molecular complexity index is 541. The Morgan fingerprint density at radius 1 is 1.27 bits per heavy atom. The van der Waals surface area contributed by atoms with E-state index in [0.29, 0.717) is 19.4 Å². The third kappa shape index (κ3) is 4.57. The summed E-state index contributed by atoms with van der Waals surface area (Å²) >= 11 is 0. The third-order valence-electron chi connectivity index (χ3n) is 4.19. The first-order valence-electron chi connectivity index (χ1n) is 7.70. The molecule has 4 heteroatoms. The van der Waals surface area contributed by atoms with Crippen molar-refractivity contribution in [1.29, 1.82) is 0 Å². The Kier molecular flexibility index (Phi) is 5.57. The monoisotopic (exact) mass is 303 g/mol. The Morgan fingerprint density at radius 2 is 1.91 bits per heavy atom. The largest absolute Gasteiger partial charge is 0.389 e. The van der Waals surface area contributed by atoms with Crippen molar-refractivity contribution < 1.29 is 14.3 Å². The van der Waals surface area contributed by atoms with Crippen LogP contribution in [0.2, 0.25) is 0 Å².